The van der Waals surface area contributed by atoms with Crippen LogP contribution in [-0.4, -0.2) is 17.9 Å². The van der Waals surface area contributed by atoms with Crippen molar-refractivity contribution in [2.75, 3.05) is 5.32 Å². The van der Waals surface area contributed by atoms with Crippen LogP contribution in [0.3, 0.4) is 0 Å². The van der Waals surface area contributed by atoms with Gasteiger partial charge in [-0.05, 0) is 29.2 Å². The van der Waals surface area contributed by atoms with Gasteiger partial charge in [-0.25, -0.2) is 0 Å². The zero-order valence-electron chi connectivity index (χ0n) is 16.7. The lowest BCUT2D eigenvalue weighted by Crippen LogP contribution is -2.48. The molecule has 148 valence electrons. The maximum Gasteiger partial charge on any atom is 0.247 e. The van der Waals surface area contributed by atoms with Crippen molar-refractivity contribution in [1.29, 1.82) is 0 Å². The second-order valence-electron chi connectivity index (χ2n) is 7.34. The van der Waals surface area contributed by atoms with E-state index in [9.17, 15) is 9.59 Å². The number of benzene rings is 3. The van der Waals surface area contributed by atoms with E-state index in [1.54, 1.807) is 0 Å². The smallest absolute Gasteiger partial charge is 0.247 e. The Bertz CT molecular complexity index is 885. The van der Waals surface area contributed by atoms with Gasteiger partial charge in [0.05, 0.1) is 5.92 Å². The summed E-state index contributed by atoms with van der Waals surface area (Å²) in [7, 11) is 0. The summed E-state index contributed by atoms with van der Waals surface area (Å²) in [6.07, 6.45) is 0. The lowest BCUT2D eigenvalue weighted by Gasteiger charge is -2.25. The van der Waals surface area contributed by atoms with Crippen LogP contribution in [0.1, 0.15) is 30.9 Å². The van der Waals surface area contributed by atoms with Crippen LogP contribution in [0.4, 0.5) is 5.69 Å². The van der Waals surface area contributed by atoms with E-state index in [0.717, 1.165) is 11.1 Å². The van der Waals surface area contributed by atoms with Gasteiger partial charge in [-0.1, -0.05) is 92.7 Å². The van der Waals surface area contributed by atoms with Crippen LogP contribution in [0, 0.1) is 5.92 Å². The van der Waals surface area contributed by atoms with Crippen LogP contribution in [-0.2, 0) is 9.59 Å². The first-order valence-corrected chi connectivity index (χ1v) is 9.82. The fourth-order valence-electron chi connectivity index (χ4n) is 3.30. The summed E-state index contributed by atoms with van der Waals surface area (Å²) in [5, 5.41) is 5.88. The van der Waals surface area contributed by atoms with Gasteiger partial charge in [0.1, 0.15) is 6.04 Å². The van der Waals surface area contributed by atoms with Crippen molar-refractivity contribution in [2.45, 2.75) is 25.8 Å². The van der Waals surface area contributed by atoms with E-state index in [1.165, 1.54) is 0 Å². The van der Waals surface area contributed by atoms with Gasteiger partial charge in [-0.3, -0.25) is 9.59 Å². The van der Waals surface area contributed by atoms with E-state index in [0.29, 0.717) is 5.69 Å². The molecule has 0 unspecified atom stereocenters. The molecule has 0 saturated heterocycles. The van der Waals surface area contributed by atoms with Gasteiger partial charge < -0.3 is 10.6 Å². The lowest BCUT2D eigenvalue weighted by atomic mass is 9.89. The van der Waals surface area contributed by atoms with Crippen LogP contribution < -0.4 is 10.6 Å². The summed E-state index contributed by atoms with van der Waals surface area (Å²) in [4.78, 5) is 26.2. The minimum Gasteiger partial charge on any atom is -0.343 e. The van der Waals surface area contributed by atoms with Gasteiger partial charge >= 0.3 is 0 Å². The number of hydrogen-bond acceptors (Lipinski definition) is 2. The van der Waals surface area contributed by atoms with Crippen molar-refractivity contribution >= 4 is 17.5 Å². The van der Waals surface area contributed by atoms with E-state index in [1.807, 2.05) is 105 Å². The minimum atomic E-state index is -0.641. The number of para-hydroxylation sites is 1. The Morgan fingerprint density at radius 3 is 1.55 bits per heavy atom. The van der Waals surface area contributed by atoms with Crippen molar-refractivity contribution < 1.29 is 9.59 Å². The maximum atomic E-state index is 13.3. The summed E-state index contributed by atoms with van der Waals surface area (Å²) in [5.74, 6) is -0.957. The third kappa shape index (κ3) is 5.32. The topological polar surface area (TPSA) is 58.2 Å². The van der Waals surface area contributed by atoms with E-state index in [-0.39, 0.29) is 17.7 Å². The average Bonchev–Trinajstić information content (AvgIpc) is 2.74. The van der Waals surface area contributed by atoms with E-state index < -0.39 is 12.0 Å². The molecule has 3 aromatic carbocycles. The molecular formula is C25H26N2O2. The highest BCUT2D eigenvalue weighted by atomic mass is 16.2. The van der Waals surface area contributed by atoms with Crippen molar-refractivity contribution in [2.24, 2.45) is 5.92 Å². The lowest BCUT2D eigenvalue weighted by molar-refractivity contribution is -0.127. The second kappa shape index (κ2) is 9.69. The summed E-state index contributed by atoms with van der Waals surface area (Å²) < 4.78 is 0. The molecule has 1 atom stereocenters. The summed E-state index contributed by atoms with van der Waals surface area (Å²) in [6, 6.07) is 27.9. The Labute approximate surface area is 172 Å². The van der Waals surface area contributed by atoms with Gasteiger partial charge in [-0.15, -0.1) is 0 Å². The monoisotopic (exact) mass is 386 g/mol. The van der Waals surface area contributed by atoms with Crippen LogP contribution in [0.2, 0.25) is 0 Å². The Hall–Kier alpha value is -3.40. The van der Waals surface area contributed by atoms with Crippen LogP contribution in [0.25, 0.3) is 0 Å². The molecule has 0 fully saturated rings. The molecule has 0 radical (unpaired) electrons. The molecule has 0 spiro atoms. The molecule has 3 rings (SSSR count). The number of amides is 2. The molecule has 0 saturated carbocycles. The van der Waals surface area contributed by atoms with Crippen molar-refractivity contribution in [3.8, 4) is 0 Å². The minimum absolute atomic E-state index is 0.0603. The van der Waals surface area contributed by atoms with E-state index in [2.05, 4.69) is 10.6 Å². The first-order chi connectivity index (χ1) is 14.1. The second-order valence-corrected chi connectivity index (χ2v) is 7.34. The Kier molecular flexibility index (Phi) is 6.80. The number of carbonyl (C=O) groups is 2. The van der Waals surface area contributed by atoms with E-state index in [4.69, 9.17) is 0 Å². The van der Waals surface area contributed by atoms with Crippen molar-refractivity contribution in [1.82, 2.24) is 5.32 Å². The molecule has 2 amide bonds. The largest absolute Gasteiger partial charge is 0.343 e. The zero-order valence-corrected chi connectivity index (χ0v) is 16.7. The Morgan fingerprint density at radius 1 is 0.655 bits per heavy atom. The summed E-state index contributed by atoms with van der Waals surface area (Å²) >= 11 is 0. The quantitative estimate of drug-likeness (QED) is 0.624. The van der Waals surface area contributed by atoms with Gasteiger partial charge in [0, 0.05) is 5.69 Å². The number of nitrogens with one attached hydrogen (secondary N) is 2. The fourth-order valence-corrected chi connectivity index (χ4v) is 3.30. The number of anilines is 1. The zero-order chi connectivity index (χ0) is 20.6. The predicted octanol–water partition coefficient (Wildman–Crippen LogP) is 4.60. The molecule has 0 aliphatic carbocycles. The summed E-state index contributed by atoms with van der Waals surface area (Å²) in [5.41, 5.74) is 2.49. The Balaban J connectivity index is 1.83. The highest BCUT2D eigenvalue weighted by Gasteiger charge is 2.29. The molecule has 4 heteroatoms. The molecular weight excluding hydrogens is 360 g/mol. The third-order valence-electron chi connectivity index (χ3n) is 4.82. The molecule has 0 aliphatic rings. The standard InChI is InChI=1S/C25H26N2O2/c1-18(2)23(25(29)26-21-16-10-5-11-17-21)27-24(28)22(19-12-6-3-7-13-19)20-14-8-4-9-15-20/h3-18,22-23H,1-2H3,(H,26,29)(H,27,28)/t23-/m0/s1. The summed E-state index contributed by atoms with van der Waals surface area (Å²) in [6.45, 7) is 3.85. The molecule has 4 nitrogen and oxygen atoms in total. The highest BCUT2D eigenvalue weighted by Crippen LogP contribution is 2.25. The first-order valence-electron chi connectivity index (χ1n) is 9.82. The number of rotatable bonds is 7. The van der Waals surface area contributed by atoms with Crippen molar-refractivity contribution in [3.05, 3.63) is 102 Å². The molecule has 29 heavy (non-hydrogen) atoms. The SMILES string of the molecule is CC(C)[C@H](NC(=O)C(c1ccccc1)c1ccccc1)C(=O)Nc1ccccc1. The van der Waals surface area contributed by atoms with Gasteiger partial charge in [0.2, 0.25) is 11.8 Å². The first kappa shape index (κ1) is 20.3. The number of carbonyl (C=O) groups excluding carboxylic acids is 2. The maximum absolute atomic E-state index is 13.3. The van der Waals surface area contributed by atoms with Crippen LogP contribution >= 0.6 is 0 Å². The van der Waals surface area contributed by atoms with E-state index >= 15 is 0 Å². The Morgan fingerprint density at radius 2 is 1.10 bits per heavy atom. The van der Waals surface area contributed by atoms with Crippen LogP contribution in [0.5, 0.6) is 0 Å². The highest BCUT2D eigenvalue weighted by molar-refractivity contribution is 5.98. The predicted molar refractivity (Wildman–Crippen MR) is 117 cm³/mol. The molecule has 3 aromatic rings. The van der Waals surface area contributed by atoms with Gasteiger partial charge in [0.15, 0.2) is 0 Å². The molecule has 0 heterocycles. The third-order valence-corrected chi connectivity index (χ3v) is 4.82. The average molecular weight is 386 g/mol. The van der Waals surface area contributed by atoms with Gasteiger partial charge in [0.25, 0.3) is 0 Å². The van der Waals surface area contributed by atoms with Crippen LogP contribution in [0.15, 0.2) is 91.0 Å². The van der Waals surface area contributed by atoms with Crippen molar-refractivity contribution in [3.63, 3.8) is 0 Å². The fraction of sp³-hybridized carbons (Fsp3) is 0.200. The molecule has 0 aliphatic heterocycles. The molecule has 2 N–H and O–H groups in total. The molecule has 0 bridgehead atoms. The molecule has 0 aromatic heterocycles. The normalized spacial score (nSPS) is 11.9. The number of hydrogen-bond donors (Lipinski definition) is 2. The van der Waals surface area contributed by atoms with Gasteiger partial charge in [-0.2, -0.15) is 0 Å².